The first-order valence-electron chi connectivity index (χ1n) is 8.12. The van der Waals surface area contributed by atoms with Crippen LogP contribution in [0.25, 0.3) is 0 Å². The fourth-order valence-corrected chi connectivity index (χ4v) is 3.18. The molecule has 3 rings (SSSR count). The number of hydrogen-bond acceptors (Lipinski definition) is 4. The summed E-state index contributed by atoms with van der Waals surface area (Å²) in [7, 11) is 1.87. The average molecular weight is 345 g/mol. The van der Waals surface area contributed by atoms with Crippen LogP contribution in [-0.4, -0.2) is 39.1 Å². The van der Waals surface area contributed by atoms with E-state index in [9.17, 15) is 5.11 Å². The van der Waals surface area contributed by atoms with E-state index in [4.69, 9.17) is 11.6 Å². The molecule has 1 unspecified atom stereocenters. The van der Waals surface area contributed by atoms with Gasteiger partial charge in [0.2, 0.25) is 0 Å². The number of aryl methyl sites for hydroxylation is 1. The van der Waals surface area contributed by atoms with E-state index in [1.54, 1.807) is 17.1 Å². The second-order valence-corrected chi connectivity index (χ2v) is 6.63. The number of aliphatic hydroxyl groups excluding tert-OH is 1. The number of anilines is 1. The van der Waals surface area contributed by atoms with Crippen LogP contribution in [0.5, 0.6) is 0 Å². The molecule has 5 nitrogen and oxygen atoms in total. The van der Waals surface area contributed by atoms with E-state index in [1.807, 2.05) is 26.2 Å². The Balaban J connectivity index is 1.83. The lowest BCUT2D eigenvalue weighted by Crippen LogP contribution is -2.37. The van der Waals surface area contributed by atoms with E-state index < -0.39 is 0 Å². The maximum Gasteiger partial charge on any atom is 0.131 e. The van der Waals surface area contributed by atoms with Gasteiger partial charge in [0.25, 0.3) is 0 Å². The molecule has 1 atom stereocenters. The molecule has 0 aromatic carbocycles. The topological polar surface area (TPSA) is 54.2 Å². The Morgan fingerprint density at radius 3 is 2.67 bits per heavy atom. The Morgan fingerprint density at radius 1 is 1.29 bits per heavy atom. The minimum absolute atomic E-state index is 0.252. The number of hydrogen-bond donors (Lipinski definition) is 1. The van der Waals surface area contributed by atoms with Crippen LogP contribution in [0.2, 0.25) is 5.15 Å². The molecule has 2 aromatic rings. The normalized spacial score (nSPS) is 16.6. The molecule has 1 N–H and O–H groups in total. The molecule has 6 heteroatoms. The fraction of sp³-hybridized carbons (Fsp3) is 0.444. The summed E-state index contributed by atoms with van der Waals surface area (Å²) in [5.41, 5.74) is 2.74. The summed E-state index contributed by atoms with van der Waals surface area (Å²) < 4.78 is 1.73. The van der Waals surface area contributed by atoms with Crippen molar-refractivity contribution in [2.75, 3.05) is 18.0 Å². The van der Waals surface area contributed by atoms with Crippen LogP contribution in [0.4, 0.5) is 5.69 Å². The van der Waals surface area contributed by atoms with Gasteiger partial charge in [0.1, 0.15) is 5.15 Å². The molecule has 1 aliphatic rings. The molecule has 0 amide bonds. The van der Waals surface area contributed by atoms with Gasteiger partial charge < -0.3 is 10.0 Å². The molecular weight excluding hydrogens is 324 g/mol. The Hall–Kier alpha value is -2.03. The van der Waals surface area contributed by atoms with Crippen LogP contribution in [0.3, 0.4) is 0 Å². The summed E-state index contributed by atoms with van der Waals surface area (Å²) in [6.07, 6.45) is 7.02. The number of piperidine rings is 1. The van der Waals surface area contributed by atoms with Crippen LogP contribution in [0.1, 0.15) is 30.9 Å². The van der Waals surface area contributed by atoms with Gasteiger partial charge in [-0.25, -0.2) is 4.98 Å². The predicted octanol–water partition coefficient (Wildman–Crippen LogP) is 2.47. The van der Waals surface area contributed by atoms with E-state index in [2.05, 4.69) is 26.8 Å². The van der Waals surface area contributed by atoms with Crippen molar-refractivity contribution in [2.45, 2.75) is 25.9 Å². The lowest BCUT2D eigenvalue weighted by Gasteiger charge is -2.35. The van der Waals surface area contributed by atoms with Crippen LogP contribution < -0.4 is 4.90 Å². The van der Waals surface area contributed by atoms with Gasteiger partial charge in [-0.2, -0.15) is 5.10 Å². The van der Waals surface area contributed by atoms with Crippen molar-refractivity contribution in [3.63, 3.8) is 0 Å². The highest BCUT2D eigenvalue weighted by Gasteiger charge is 2.24. The van der Waals surface area contributed by atoms with Gasteiger partial charge in [-0.05, 0) is 25.7 Å². The number of nitrogens with zero attached hydrogens (tertiary/aromatic N) is 4. The van der Waals surface area contributed by atoms with Gasteiger partial charge in [-0.3, -0.25) is 4.68 Å². The molecule has 1 aliphatic heterocycles. The SMILES string of the molecule is CC(O)C1CCN(c2cc(Cl)ncc2C#Cc2cnn(C)c2)CC1. The number of rotatable bonds is 2. The quantitative estimate of drug-likeness (QED) is 0.671. The first kappa shape index (κ1) is 16.8. The number of halogens is 1. The largest absolute Gasteiger partial charge is 0.393 e. The monoisotopic (exact) mass is 344 g/mol. The van der Waals surface area contributed by atoms with Crippen molar-refractivity contribution in [2.24, 2.45) is 13.0 Å². The van der Waals surface area contributed by atoms with E-state index in [0.717, 1.165) is 42.7 Å². The zero-order valence-corrected chi connectivity index (χ0v) is 14.7. The Bertz CT molecular complexity index is 767. The summed E-state index contributed by atoms with van der Waals surface area (Å²) >= 11 is 6.10. The highest BCUT2D eigenvalue weighted by molar-refractivity contribution is 6.29. The fourth-order valence-electron chi connectivity index (χ4n) is 3.03. The minimum Gasteiger partial charge on any atom is -0.393 e. The van der Waals surface area contributed by atoms with Crippen LogP contribution >= 0.6 is 11.6 Å². The zero-order valence-electron chi connectivity index (χ0n) is 13.9. The van der Waals surface area contributed by atoms with E-state index in [1.165, 1.54) is 0 Å². The summed E-state index contributed by atoms with van der Waals surface area (Å²) in [5, 5.41) is 14.4. The van der Waals surface area contributed by atoms with Gasteiger partial charge in [0.15, 0.2) is 0 Å². The van der Waals surface area contributed by atoms with E-state index in [0.29, 0.717) is 11.1 Å². The Morgan fingerprint density at radius 2 is 2.04 bits per heavy atom. The average Bonchev–Trinajstić information content (AvgIpc) is 2.99. The third-order valence-electron chi connectivity index (χ3n) is 4.46. The van der Waals surface area contributed by atoms with Crippen molar-refractivity contribution in [3.8, 4) is 11.8 Å². The second-order valence-electron chi connectivity index (χ2n) is 6.24. The molecule has 0 bridgehead atoms. The van der Waals surface area contributed by atoms with Crippen molar-refractivity contribution in [1.29, 1.82) is 0 Å². The van der Waals surface area contributed by atoms with E-state index >= 15 is 0 Å². The van der Waals surface area contributed by atoms with Gasteiger partial charge in [0, 0.05) is 38.6 Å². The van der Waals surface area contributed by atoms with Crippen molar-refractivity contribution in [1.82, 2.24) is 14.8 Å². The van der Waals surface area contributed by atoms with Gasteiger partial charge in [-0.1, -0.05) is 23.4 Å². The maximum atomic E-state index is 9.77. The third kappa shape index (κ3) is 3.89. The van der Waals surface area contributed by atoms with E-state index in [-0.39, 0.29) is 6.10 Å². The minimum atomic E-state index is -0.252. The highest BCUT2D eigenvalue weighted by Crippen LogP contribution is 2.28. The molecule has 0 spiro atoms. The van der Waals surface area contributed by atoms with Crippen molar-refractivity contribution >= 4 is 17.3 Å². The standard InChI is InChI=1S/C18H21ClN4O/c1-13(24)15-5-7-23(8-6-15)17-9-18(19)20-11-16(17)4-3-14-10-21-22(2)12-14/h9-13,15,24H,5-8H2,1-2H3. The Kier molecular flexibility index (Phi) is 5.08. The van der Waals surface area contributed by atoms with Crippen molar-refractivity contribution in [3.05, 3.63) is 40.9 Å². The molecular formula is C18H21ClN4O. The lowest BCUT2D eigenvalue weighted by molar-refractivity contribution is 0.110. The zero-order chi connectivity index (χ0) is 17.1. The van der Waals surface area contributed by atoms with Crippen LogP contribution in [0, 0.1) is 17.8 Å². The molecule has 3 heterocycles. The lowest BCUT2D eigenvalue weighted by atomic mass is 9.92. The number of pyridine rings is 1. The summed E-state index contributed by atoms with van der Waals surface area (Å²) in [6.45, 7) is 3.64. The molecule has 0 radical (unpaired) electrons. The summed E-state index contributed by atoms with van der Waals surface area (Å²) in [5.74, 6) is 6.67. The van der Waals surface area contributed by atoms with Gasteiger partial charge in [-0.15, -0.1) is 0 Å². The Labute approximate surface area is 147 Å². The first-order valence-corrected chi connectivity index (χ1v) is 8.50. The predicted molar refractivity (Wildman–Crippen MR) is 95.1 cm³/mol. The molecule has 24 heavy (non-hydrogen) atoms. The first-order chi connectivity index (χ1) is 11.5. The smallest absolute Gasteiger partial charge is 0.131 e. The van der Waals surface area contributed by atoms with Gasteiger partial charge in [0.05, 0.1) is 29.1 Å². The summed E-state index contributed by atoms with van der Waals surface area (Å²) in [4.78, 5) is 6.45. The van der Waals surface area contributed by atoms with Crippen LogP contribution in [-0.2, 0) is 7.05 Å². The number of aliphatic hydroxyl groups is 1. The molecule has 1 fully saturated rings. The van der Waals surface area contributed by atoms with Crippen LogP contribution in [0.15, 0.2) is 24.7 Å². The molecule has 0 aliphatic carbocycles. The maximum absolute atomic E-state index is 9.77. The molecule has 2 aromatic heterocycles. The highest BCUT2D eigenvalue weighted by atomic mass is 35.5. The van der Waals surface area contributed by atoms with Gasteiger partial charge >= 0.3 is 0 Å². The molecule has 1 saturated heterocycles. The third-order valence-corrected chi connectivity index (χ3v) is 4.66. The van der Waals surface area contributed by atoms with Crippen molar-refractivity contribution < 1.29 is 5.11 Å². The number of aromatic nitrogens is 3. The summed E-state index contributed by atoms with van der Waals surface area (Å²) in [6, 6.07) is 1.87. The molecule has 0 saturated carbocycles. The second kappa shape index (κ2) is 7.25. The molecule has 126 valence electrons.